The minimum Gasteiger partial charge on any atom is -0.103 e. The van der Waals surface area contributed by atoms with Gasteiger partial charge >= 0.3 is 0 Å². The summed E-state index contributed by atoms with van der Waals surface area (Å²) in [4.78, 5) is 0. The monoisotopic (exact) mass is 264 g/mol. The van der Waals surface area contributed by atoms with Gasteiger partial charge in [0.2, 0.25) is 0 Å². The molecule has 0 nitrogen and oxygen atoms in total. The molecule has 1 aliphatic rings. The highest BCUT2D eigenvalue weighted by molar-refractivity contribution is 14.1. The van der Waals surface area contributed by atoms with Gasteiger partial charge in [0.15, 0.2) is 0 Å². The average molecular weight is 264 g/mol. The van der Waals surface area contributed by atoms with Gasteiger partial charge in [-0.1, -0.05) is 42.0 Å². The molecule has 3 atom stereocenters. The van der Waals surface area contributed by atoms with Gasteiger partial charge in [0.25, 0.3) is 0 Å². The van der Waals surface area contributed by atoms with E-state index in [1.807, 2.05) is 0 Å². The molecule has 64 valence electrons. The van der Waals surface area contributed by atoms with Crippen molar-refractivity contribution in [1.82, 2.24) is 0 Å². The number of allylic oxidation sites excluding steroid dienone is 1. The minimum atomic E-state index is 0.786. The Labute approximate surface area is 83.6 Å². The van der Waals surface area contributed by atoms with Crippen LogP contribution < -0.4 is 0 Å². The summed E-state index contributed by atoms with van der Waals surface area (Å²) in [6, 6.07) is 0. The van der Waals surface area contributed by atoms with Crippen LogP contribution in [0.3, 0.4) is 0 Å². The molecule has 0 aromatic rings. The summed E-state index contributed by atoms with van der Waals surface area (Å²) in [5.41, 5.74) is 0. The van der Waals surface area contributed by atoms with Gasteiger partial charge in [-0.2, -0.15) is 0 Å². The van der Waals surface area contributed by atoms with E-state index in [1.54, 1.807) is 0 Å². The summed E-state index contributed by atoms with van der Waals surface area (Å²) in [7, 11) is 0. The molecule has 11 heavy (non-hydrogen) atoms. The van der Waals surface area contributed by atoms with Crippen molar-refractivity contribution in [3.05, 3.63) is 12.7 Å². The van der Waals surface area contributed by atoms with Crippen molar-refractivity contribution in [3.8, 4) is 0 Å². The van der Waals surface area contributed by atoms with Crippen LogP contribution in [-0.4, -0.2) is 3.92 Å². The molecule has 0 aliphatic heterocycles. The first-order chi connectivity index (χ1) is 5.27. The quantitative estimate of drug-likeness (QED) is 0.404. The molecule has 0 aromatic heterocycles. The van der Waals surface area contributed by atoms with Crippen LogP contribution in [0.4, 0.5) is 0 Å². The highest BCUT2D eigenvalue weighted by Crippen LogP contribution is 2.35. The fourth-order valence-electron chi connectivity index (χ4n) is 1.87. The summed E-state index contributed by atoms with van der Waals surface area (Å²) < 4.78 is 0.855. The zero-order valence-corrected chi connectivity index (χ0v) is 9.38. The normalized spacial score (nSPS) is 38.5. The van der Waals surface area contributed by atoms with Gasteiger partial charge in [0.05, 0.1) is 0 Å². The molecule has 1 fully saturated rings. The first-order valence-electron chi connectivity index (χ1n) is 4.54. The maximum Gasteiger partial charge on any atom is 0.0172 e. The topological polar surface area (TPSA) is 0 Å². The SMILES string of the molecule is C=C[C@H]1CC(CC)CCC1I. The summed E-state index contributed by atoms with van der Waals surface area (Å²) in [6.45, 7) is 6.20. The lowest BCUT2D eigenvalue weighted by Gasteiger charge is -2.30. The zero-order chi connectivity index (χ0) is 8.27. The van der Waals surface area contributed by atoms with E-state index in [4.69, 9.17) is 0 Å². The molecule has 0 aromatic carbocycles. The van der Waals surface area contributed by atoms with E-state index in [-0.39, 0.29) is 0 Å². The fraction of sp³-hybridized carbons (Fsp3) is 0.800. The number of hydrogen-bond donors (Lipinski definition) is 0. The molecule has 2 unspecified atom stereocenters. The fourth-order valence-corrected chi connectivity index (χ4v) is 2.82. The minimum absolute atomic E-state index is 0.786. The Bertz CT molecular complexity index is 131. The lowest BCUT2D eigenvalue weighted by molar-refractivity contribution is 0.313. The van der Waals surface area contributed by atoms with Gasteiger partial charge in [0.1, 0.15) is 0 Å². The second-order valence-corrected chi connectivity index (χ2v) is 5.10. The second-order valence-electron chi connectivity index (χ2n) is 3.50. The van der Waals surface area contributed by atoms with Crippen LogP contribution >= 0.6 is 22.6 Å². The Morgan fingerprint density at radius 3 is 2.82 bits per heavy atom. The van der Waals surface area contributed by atoms with E-state index in [0.29, 0.717) is 0 Å². The van der Waals surface area contributed by atoms with Gasteiger partial charge in [0, 0.05) is 3.92 Å². The van der Waals surface area contributed by atoms with E-state index >= 15 is 0 Å². The third-order valence-corrected chi connectivity index (χ3v) is 4.35. The largest absolute Gasteiger partial charge is 0.103 e. The van der Waals surface area contributed by atoms with Crippen molar-refractivity contribution in [1.29, 1.82) is 0 Å². The van der Waals surface area contributed by atoms with Crippen LogP contribution in [0, 0.1) is 11.8 Å². The third kappa shape index (κ3) is 2.46. The maximum atomic E-state index is 3.90. The molecule has 0 bridgehead atoms. The van der Waals surface area contributed by atoms with Crippen molar-refractivity contribution in [2.75, 3.05) is 0 Å². The van der Waals surface area contributed by atoms with E-state index in [2.05, 4.69) is 42.2 Å². The molecule has 0 heterocycles. The number of rotatable bonds is 2. The molecule has 0 spiro atoms. The number of halogens is 1. The molecule has 1 saturated carbocycles. The Morgan fingerprint density at radius 2 is 2.27 bits per heavy atom. The highest BCUT2D eigenvalue weighted by atomic mass is 127. The van der Waals surface area contributed by atoms with E-state index in [9.17, 15) is 0 Å². The highest BCUT2D eigenvalue weighted by Gasteiger charge is 2.25. The van der Waals surface area contributed by atoms with Crippen molar-refractivity contribution < 1.29 is 0 Å². The summed E-state index contributed by atoms with van der Waals surface area (Å²) >= 11 is 2.57. The zero-order valence-electron chi connectivity index (χ0n) is 7.22. The lowest BCUT2D eigenvalue weighted by Crippen LogP contribution is -2.22. The van der Waals surface area contributed by atoms with Crippen molar-refractivity contribution in [2.45, 2.75) is 36.5 Å². The van der Waals surface area contributed by atoms with Crippen LogP contribution in [0.15, 0.2) is 12.7 Å². The third-order valence-electron chi connectivity index (χ3n) is 2.80. The standard InChI is InChI=1S/C10H17I/c1-3-8-5-6-10(11)9(4-2)7-8/h4,8-10H,2-3,5-7H2,1H3/t8?,9-,10?/m0/s1. The van der Waals surface area contributed by atoms with Crippen LogP contribution in [0.2, 0.25) is 0 Å². The molecular weight excluding hydrogens is 247 g/mol. The summed E-state index contributed by atoms with van der Waals surface area (Å²) in [5, 5.41) is 0. The molecular formula is C10H17I. The summed E-state index contributed by atoms with van der Waals surface area (Å²) in [5.74, 6) is 1.76. The second kappa shape index (κ2) is 4.48. The summed E-state index contributed by atoms with van der Waals surface area (Å²) in [6.07, 6.45) is 7.73. The molecule has 0 radical (unpaired) electrons. The van der Waals surface area contributed by atoms with Crippen molar-refractivity contribution in [3.63, 3.8) is 0 Å². The molecule has 0 amide bonds. The van der Waals surface area contributed by atoms with Crippen LogP contribution in [0.5, 0.6) is 0 Å². The van der Waals surface area contributed by atoms with Crippen molar-refractivity contribution >= 4 is 22.6 Å². The van der Waals surface area contributed by atoms with Crippen LogP contribution in [0.1, 0.15) is 32.6 Å². The molecule has 1 aliphatic carbocycles. The Morgan fingerprint density at radius 1 is 1.55 bits per heavy atom. The van der Waals surface area contributed by atoms with E-state index in [1.165, 1.54) is 25.7 Å². The molecule has 0 N–H and O–H groups in total. The average Bonchev–Trinajstić information content (AvgIpc) is 2.05. The molecule has 0 saturated heterocycles. The smallest absolute Gasteiger partial charge is 0.0172 e. The maximum absolute atomic E-state index is 3.90. The van der Waals surface area contributed by atoms with Gasteiger partial charge in [-0.3, -0.25) is 0 Å². The predicted octanol–water partition coefficient (Wildman–Crippen LogP) is 3.80. The Hall–Kier alpha value is 0.470. The molecule has 1 rings (SSSR count). The van der Waals surface area contributed by atoms with Gasteiger partial charge in [-0.05, 0) is 31.1 Å². The molecule has 1 heteroatoms. The van der Waals surface area contributed by atoms with E-state index in [0.717, 1.165) is 15.8 Å². The number of hydrogen-bond acceptors (Lipinski definition) is 0. The number of alkyl halides is 1. The first kappa shape index (κ1) is 9.56. The lowest BCUT2D eigenvalue weighted by atomic mass is 9.80. The van der Waals surface area contributed by atoms with Crippen molar-refractivity contribution in [2.24, 2.45) is 11.8 Å². The van der Waals surface area contributed by atoms with Crippen LogP contribution in [0.25, 0.3) is 0 Å². The van der Waals surface area contributed by atoms with Crippen LogP contribution in [-0.2, 0) is 0 Å². The first-order valence-corrected chi connectivity index (χ1v) is 5.79. The Balaban J connectivity index is 2.43. The van der Waals surface area contributed by atoms with E-state index < -0.39 is 0 Å². The van der Waals surface area contributed by atoms with Gasteiger partial charge < -0.3 is 0 Å². The van der Waals surface area contributed by atoms with Gasteiger partial charge in [-0.15, -0.1) is 6.58 Å². The van der Waals surface area contributed by atoms with Gasteiger partial charge in [-0.25, -0.2) is 0 Å². The predicted molar refractivity (Wildman–Crippen MR) is 59.1 cm³/mol. The Kier molecular flexibility index (Phi) is 3.90.